The molecular formula is C22H21F6N7O6. The van der Waals surface area contributed by atoms with Gasteiger partial charge in [0.2, 0.25) is 17.6 Å². The summed E-state index contributed by atoms with van der Waals surface area (Å²) in [6, 6.07) is -2.33. The van der Waals surface area contributed by atoms with E-state index in [0.29, 0.717) is 0 Å². The lowest BCUT2D eigenvalue weighted by molar-refractivity contribution is -0.258. The molecule has 4 heterocycles. The third-order valence-electron chi connectivity index (χ3n) is 7.50. The van der Waals surface area contributed by atoms with E-state index >= 15 is 0 Å². The van der Waals surface area contributed by atoms with Gasteiger partial charge in [-0.15, -0.1) is 0 Å². The number of carbonyl (C=O) groups excluding carboxylic acids is 3. The molecule has 0 aliphatic carbocycles. The number of alkyl halides is 6. The van der Waals surface area contributed by atoms with E-state index in [1.807, 2.05) is 0 Å². The van der Waals surface area contributed by atoms with Crippen molar-refractivity contribution in [2.24, 2.45) is 0 Å². The van der Waals surface area contributed by atoms with Crippen LogP contribution in [0.3, 0.4) is 0 Å². The number of nitrogens with zero attached hydrogens (tertiary/aromatic N) is 2. The summed E-state index contributed by atoms with van der Waals surface area (Å²) in [5.74, 6) is -7.37. The van der Waals surface area contributed by atoms with Gasteiger partial charge in [-0.2, -0.15) is 26.3 Å². The van der Waals surface area contributed by atoms with Crippen LogP contribution in [-0.4, -0.2) is 92.4 Å². The Morgan fingerprint density at radius 2 is 1.68 bits per heavy atom. The van der Waals surface area contributed by atoms with Crippen LogP contribution < -0.4 is 16.0 Å². The Morgan fingerprint density at radius 1 is 1.05 bits per heavy atom. The van der Waals surface area contributed by atoms with E-state index < -0.39 is 94.9 Å². The third-order valence-corrected chi connectivity index (χ3v) is 7.50. The van der Waals surface area contributed by atoms with Gasteiger partial charge in [0.15, 0.2) is 23.7 Å². The van der Waals surface area contributed by atoms with Crippen LogP contribution in [0.2, 0.25) is 0 Å². The third kappa shape index (κ3) is 4.30. The van der Waals surface area contributed by atoms with Gasteiger partial charge in [0.1, 0.15) is 0 Å². The summed E-state index contributed by atoms with van der Waals surface area (Å²) in [6.07, 6.45) is -12.7. The largest absolute Gasteiger partial charge is 0.451 e. The van der Waals surface area contributed by atoms with Gasteiger partial charge in [-0.25, -0.2) is 4.79 Å². The van der Waals surface area contributed by atoms with Crippen LogP contribution in [0.25, 0.3) is 0 Å². The Morgan fingerprint density at radius 3 is 2.27 bits per heavy atom. The molecule has 1 aromatic rings. The molecule has 19 heteroatoms. The quantitative estimate of drug-likeness (QED) is 0.104. The second-order valence-electron chi connectivity index (χ2n) is 9.87. The normalized spacial score (nSPS) is 29.1. The number of nitrogens with one attached hydrogen (secondary N) is 5. The van der Waals surface area contributed by atoms with Crippen LogP contribution in [0.5, 0.6) is 0 Å². The zero-order valence-electron chi connectivity index (χ0n) is 20.5. The van der Waals surface area contributed by atoms with E-state index in [2.05, 4.69) is 16.0 Å². The second-order valence-corrected chi connectivity index (χ2v) is 9.87. The molecule has 0 saturated carbocycles. The molecule has 0 aromatic heterocycles. The number of hydrogen-bond donors (Lipinski definition) is 7. The SMILES string of the molecule is N=C1NC2[C@H](CN3C(=O)CCC3=O)NC(=N)N3C[C@H](OC(=O)c4cc(C(F)(F)F)ccc4C(F)(F)F)C(O)(O)[C@@]23N1. The summed E-state index contributed by atoms with van der Waals surface area (Å²) < 4.78 is 85.3. The fraction of sp³-hybridized carbons (Fsp3) is 0.500. The summed E-state index contributed by atoms with van der Waals surface area (Å²) in [5, 5.41) is 46.8. The molecule has 5 rings (SSSR count). The second kappa shape index (κ2) is 8.93. The van der Waals surface area contributed by atoms with Gasteiger partial charge < -0.3 is 35.8 Å². The van der Waals surface area contributed by atoms with E-state index in [1.54, 1.807) is 0 Å². The Hall–Kier alpha value is -4.13. The Kier molecular flexibility index (Phi) is 6.19. The smallest absolute Gasteiger partial charge is 0.417 e. The maximum absolute atomic E-state index is 13.6. The molecule has 222 valence electrons. The van der Waals surface area contributed by atoms with Crippen molar-refractivity contribution >= 4 is 29.7 Å². The zero-order valence-corrected chi connectivity index (χ0v) is 20.5. The van der Waals surface area contributed by atoms with Crippen molar-refractivity contribution in [3.05, 3.63) is 34.9 Å². The maximum atomic E-state index is 13.6. The predicted octanol–water partition coefficient (Wildman–Crippen LogP) is -0.506. The van der Waals surface area contributed by atoms with Crippen LogP contribution in [0.1, 0.15) is 34.3 Å². The van der Waals surface area contributed by atoms with Gasteiger partial charge >= 0.3 is 18.3 Å². The van der Waals surface area contributed by atoms with Crippen molar-refractivity contribution in [1.29, 1.82) is 10.8 Å². The van der Waals surface area contributed by atoms with Gasteiger partial charge in [0.05, 0.1) is 41.9 Å². The molecule has 0 radical (unpaired) electrons. The minimum Gasteiger partial charge on any atom is -0.451 e. The number of esters is 1. The molecule has 4 aliphatic rings. The lowest BCUT2D eigenvalue weighted by atomic mass is 9.85. The molecule has 0 bridgehead atoms. The Bertz CT molecular complexity index is 1350. The van der Waals surface area contributed by atoms with Crippen molar-refractivity contribution < 1.29 is 55.7 Å². The van der Waals surface area contributed by atoms with Gasteiger partial charge in [0, 0.05) is 12.8 Å². The summed E-state index contributed by atoms with van der Waals surface area (Å²) in [6.45, 7) is -1.14. The molecular weight excluding hydrogens is 572 g/mol. The summed E-state index contributed by atoms with van der Waals surface area (Å²) in [4.78, 5) is 39.0. The lowest BCUT2D eigenvalue weighted by Crippen LogP contribution is -2.81. The first-order valence-corrected chi connectivity index (χ1v) is 11.9. The minimum absolute atomic E-state index is 0.0477. The molecule has 13 nitrogen and oxygen atoms in total. The predicted molar refractivity (Wildman–Crippen MR) is 121 cm³/mol. The number of hydrogen-bond acceptors (Lipinski definition) is 8. The highest BCUT2D eigenvalue weighted by molar-refractivity contribution is 6.02. The van der Waals surface area contributed by atoms with E-state index in [0.717, 1.165) is 9.80 Å². The number of halogens is 6. The highest BCUT2D eigenvalue weighted by Gasteiger charge is 2.75. The molecule has 7 N–H and O–H groups in total. The maximum Gasteiger partial charge on any atom is 0.417 e. The first-order chi connectivity index (χ1) is 18.9. The number of amides is 2. The molecule has 2 amide bonds. The fourth-order valence-corrected chi connectivity index (χ4v) is 5.62. The molecule has 1 spiro atoms. The molecule has 4 saturated heterocycles. The molecule has 4 atom stereocenters. The molecule has 41 heavy (non-hydrogen) atoms. The van der Waals surface area contributed by atoms with Crippen LogP contribution >= 0.6 is 0 Å². The molecule has 1 aromatic carbocycles. The standard InChI is InChI=1S/C22H21F6N7O6/c23-21(24,25)8-1-2-10(22(26,27)28)9(5-8)16(38)41-12-7-35-18(30)31-11(6-34-13(36)3-4-14(34)37)15-19(35,20(12,39)40)33-17(29)32-15/h1-2,5,11-12,15,39-40H,3-4,6-7H2,(H2,30,31)(H3,29,32,33)/t11-,12-,15?,19+/m0/s1. The Balaban J connectivity index is 1.49. The molecule has 4 fully saturated rings. The number of ether oxygens (including phenoxy) is 1. The number of aliphatic hydroxyl groups is 2. The van der Waals surface area contributed by atoms with Gasteiger partial charge in [0.25, 0.3) is 0 Å². The average molecular weight is 593 g/mol. The fourth-order valence-electron chi connectivity index (χ4n) is 5.62. The average Bonchev–Trinajstić information content (AvgIpc) is 3.45. The van der Waals surface area contributed by atoms with Crippen LogP contribution in [0.15, 0.2) is 18.2 Å². The van der Waals surface area contributed by atoms with Crippen LogP contribution in [-0.2, 0) is 26.7 Å². The van der Waals surface area contributed by atoms with Crippen molar-refractivity contribution in [2.45, 2.75) is 54.8 Å². The van der Waals surface area contributed by atoms with E-state index in [1.165, 1.54) is 0 Å². The van der Waals surface area contributed by atoms with Crippen LogP contribution in [0, 0.1) is 10.8 Å². The van der Waals surface area contributed by atoms with Gasteiger partial charge in [-0.3, -0.25) is 25.3 Å². The van der Waals surface area contributed by atoms with Crippen molar-refractivity contribution in [1.82, 2.24) is 25.8 Å². The summed E-state index contributed by atoms with van der Waals surface area (Å²) in [5.41, 5.74) is -7.19. The van der Waals surface area contributed by atoms with E-state index in [-0.39, 0.29) is 37.6 Å². The zero-order chi connectivity index (χ0) is 30.3. The monoisotopic (exact) mass is 593 g/mol. The number of guanidine groups is 2. The van der Waals surface area contributed by atoms with Crippen molar-refractivity contribution in [3.8, 4) is 0 Å². The first-order valence-electron chi connectivity index (χ1n) is 11.9. The number of imide groups is 1. The number of carbonyl (C=O) groups is 3. The highest BCUT2D eigenvalue weighted by atomic mass is 19.4. The molecule has 4 aliphatic heterocycles. The highest BCUT2D eigenvalue weighted by Crippen LogP contribution is 2.45. The van der Waals surface area contributed by atoms with E-state index in [4.69, 9.17) is 15.6 Å². The number of rotatable bonds is 4. The van der Waals surface area contributed by atoms with Gasteiger partial charge in [-0.1, -0.05) is 0 Å². The molecule has 1 unspecified atom stereocenters. The number of likely N-dealkylation sites (tertiary alicyclic amines) is 1. The summed E-state index contributed by atoms with van der Waals surface area (Å²) in [7, 11) is 0. The van der Waals surface area contributed by atoms with Crippen molar-refractivity contribution in [2.75, 3.05) is 13.1 Å². The minimum atomic E-state index is -5.28. The Labute approximate surface area is 225 Å². The topological polar surface area (TPSA) is 191 Å². The van der Waals surface area contributed by atoms with Crippen LogP contribution in [0.4, 0.5) is 26.3 Å². The number of benzene rings is 1. The van der Waals surface area contributed by atoms with Crippen molar-refractivity contribution in [3.63, 3.8) is 0 Å². The van der Waals surface area contributed by atoms with E-state index in [9.17, 15) is 50.9 Å². The lowest BCUT2D eigenvalue weighted by Gasteiger charge is -2.51. The first kappa shape index (κ1) is 28.4. The van der Waals surface area contributed by atoms with Gasteiger partial charge in [-0.05, 0) is 18.2 Å². The summed E-state index contributed by atoms with van der Waals surface area (Å²) >= 11 is 0.